The summed E-state index contributed by atoms with van der Waals surface area (Å²) in [4.78, 5) is -0.829. The molecule has 0 spiro atoms. The first-order valence-corrected chi connectivity index (χ1v) is 8.91. The van der Waals surface area contributed by atoms with Crippen LogP contribution in [0.15, 0.2) is 46.2 Å². The molecule has 7 N–H and O–H groups in total. The maximum absolute atomic E-state index is 12.2. The van der Waals surface area contributed by atoms with E-state index in [1.807, 2.05) is 4.72 Å². The summed E-state index contributed by atoms with van der Waals surface area (Å²) in [5.74, 6) is -0.670. The fourth-order valence-corrected chi connectivity index (χ4v) is 3.31. The van der Waals surface area contributed by atoms with Crippen molar-refractivity contribution < 1.29 is 26.5 Å². The molecule has 11 heteroatoms. The van der Waals surface area contributed by atoms with Crippen LogP contribution >= 0.6 is 0 Å². The molecule has 0 amide bonds. The maximum Gasteiger partial charge on any atom is 0.294 e. The van der Waals surface area contributed by atoms with E-state index in [0.717, 1.165) is 12.1 Å². The highest BCUT2D eigenvalue weighted by atomic mass is 32.2. The zero-order valence-corrected chi connectivity index (χ0v) is 13.1. The van der Waals surface area contributed by atoms with E-state index in [-0.39, 0.29) is 4.90 Å². The van der Waals surface area contributed by atoms with Crippen molar-refractivity contribution in [3.05, 3.63) is 36.4 Å². The Bertz CT molecular complexity index is 953. The molecule has 0 saturated heterocycles. The smallest absolute Gasteiger partial charge is 0.294 e. The van der Waals surface area contributed by atoms with Gasteiger partial charge in [-0.3, -0.25) is 9.27 Å². The predicted molar refractivity (Wildman–Crippen MR) is 84.0 cm³/mol. The van der Waals surface area contributed by atoms with Gasteiger partial charge in [0.05, 0.1) is 21.2 Å². The van der Waals surface area contributed by atoms with Crippen molar-refractivity contribution in [1.29, 1.82) is 0 Å². The standard InChI is InChI=1S/C12H13N3O6S2/c13-7-1-3-8(4-2-7)22(17,18)15-11-6-9(23(19,20)21)5-10(14)12(11)16/h1-6,15-16H,13-14H2,(H,19,20,21). The number of sulfonamides is 1. The van der Waals surface area contributed by atoms with Crippen LogP contribution in [0.4, 0.5) is 17.1 Å². The van der Waals surface area contributed by atoms with Gasteiger partial charge in [-0.25, -0.2) is 8.42 Å². The van der Waals surface area contributed by atoms with Crippen LogP contribution in [0, 0.1) is 0 Å². The number of benzene rings is 2. The van der Waals surface area contributed by atoms with E-state index in [4.69, 9.17) is 16.0 Å². The number of nitrogen functional groups attached to an aromatic ring is 2. The molecule has 0 aliphatic carbocycles. The second kappa shape index (κ2) is 5.61. The van der Waals surface area contributed by atoms with E-state index in [2.05, 4.69) is 0 Å². The molecule has 0 heterocycles. The molecule has 2 aromatic rings. The van der Waals surface area contributed by atoms with E-state index < -0.39 is 42.2 Å². The lowest BCUT2D eigenvalue weighted by Crippen LogP contribution is -2.14. The average molecular weight is 359 g/mol. The van der Waals surface area contributed by atoms with Gasteiger partial charge in [-0.1, -0.05) is 0 Å². The number of nitrogens with one attached hydrogen (secondary N) is 1. The number of rotatable bonds is 4. The number of phenolic OH excluding ortho intramolecular Hbond substituents is 1. The highest BCUT2D eigenvalue weighted by Crippen LogP contribution is 2.34. The molecule has 0 radical (unpaired) electrons. The van der Waals surface area contributed by atoms with Gasteiger partial charge in [-0.15, -0.1) is 0 Å². The van der Waals surface area contributed by atoms with Crippen LogP contribution in [0.3, 0.4) is 0 Å². The van der Waals surface area contributed by atoms with Gasteiger partial charge in [0.1, 0.15) is 0 Å². The summed E-state index contributed by atoms with van der Waals surface area (Å²) in [5, 5.41) is 9.79. The first-order chi connectivity index (χ1) is 10.5. The number of phenols is 1. The molecule has 0 bridgehead atoms. The Morgan fingerprint density at radius 2 is 1.48 bits per heavy atom. The van der Waals surface area contributed by atoms with Gasteiger partial charge in [0.2, 0.25) is 0 Å². The molecule has 0 unspecified atom stereocenters. The summed E-state index contributed by atoms with van der Waals surface area (Å²) in [6.07, 6.45) is 0. The summed E-state index contributed by atoms with van der Waals surface area (Å²) in [7, 11) is -8.76. The Labute approximate surface area is 132 Å². The Hall–Kier alpha value is -2.50. The van der Waals surface area contributed by atoms with E-state index in [1.165, 1.54) is 24.3 Å². The van der Waals surface area contributed by atoms with Crippen LogP contribution in [0.5, 0.6) is 5.75 Å². The molecule has 2 aromatic carbocycles. The van der Waals surface area contributed by atoms with Gasteiger partial charge in [0.15, 0.2) is 5.75 Å². The molecule has 0 fully saturated rings. The molecule has 23 heavy (non-hydrogen) atoms. The van der Waals surface area contributed by atoms with Crippen LogP contribution in [0.1, 0.15) is 0 Å². The highest BCUT2D eigenvalue weighted by Gasteiger charge is 2.20. The van der Waals surface area contributed by atoms with Crippen LogP contribution in [-0.4, -0.2) is 26.5 Å². The van der Waals surface area contributed by atoms with Crippen LogP contribution in [0.25, 0.3) is 0 Å². The minimum atomic E-state index is -4.63. The zero-order valence-electron chi connectivity index (χ0n) is 11.5. The Kier molecular flexibility index (Phi) is 4.11. The van der Waals surface area contributed by atoms with Crippen molar-refractivity contribution in [3.63, 3.8) is 0 Å². The van der Waals surface area contributed by atoms with Crippen molar-refractivity contribution >= 4 is 37.2 Å². The summed E-state index contributed by atoms with van der Waals surface area (Å²) < 4.78 is 57.8. The van der Waals surface area contributed by atoms with E-state index in [9.17, 15) is 21.9 Å². The lowest BCUT2D eigenvalue weighted by Gasteiger charge is -2.12. The second-order valence-corrected chi connectivity index (χ2v) is 7.66. The SMILES string of the molecule is Nc1ccc(S(=O)(=O)Nc2cc(S(=O)(=O)O)cc(N)c2O)cc1. The molecule has 0 aliphatic rings. The summed E-state index contributed by atoms with van der Waals surface area (Å²) in [6, 6.07) is 6.71. The van der Waals surface area contributed by atoms with Gasteiger partial charge >= 0.3 is 0 Å². The third-order valence-electron chi connectivity index (χ3n) is 2.85. The van der Waals surface area contributed by atoms with Crippen LogP contribution in [-0.2, 0) is 20.1 Å². The van der Waals surface area contributed by atoms with Gasteiger partial charge in [0, 0.05) is 5.69 Å². The normalized spacial score (nSPS) is 12.0. The third kappa shape index (κ3) is 3.64. The molecule has 0 atom stereocenters. The minimum absolute atomic E-state index is 0.165. The maximum atomic E-state index is 12.2. The Morgan fingerprint density at radius 1 is 0.913 bits per heavy atom. The Morgan fingerprint density at radius 3 is 2.00 bits per heavy atom. The van der Waals surface area contributed by atoms with Crippen molar-refractivity contribution in [3.8, 4) is 5.75 Å². The summed E-state index contributed by atoms with van der Waals surface area (Å²) >= 11 is 0. The fourth-order valence-electron chi connectivity index (χ4n) is 1.71. The monoisotopic (exact) mass is 359 g/mol. The fraction of sp³-hybridized carbons (Fsp3) is 0. The molecular weight excluding hydrogens is 346 g/mol. The molecular formula is C12H13N3O6S2. The van der Waals surface area contributed by atoms with Gasteiger partial charge in [-0.2, -0.15) is 8.42 Å². The molecule has 0 aliphatic heterocycles. The lowest BCUT2D eigenvalue weighted by molar-refractivity contribution is 0.477. The number of nitrogens with two attached hydrogens (primary N) is 2. The van der Waals surface area contributed by atoms with E-state index in [1.54, 1.807) is 0 Å². The second-order valence-electron chi connectivity index (χ2n) is 4.56. The van der Waals surface area contributed by atoms with Crippen molar-refractivity contribution in [2.24, 2.45) is 0 Å². The topological polar surface area (TPSA) is 173 Å². The number of hydrogen-bond donors (Lipinski definition) is 5. The number of hydrogen-bond acceptors (Lipinski definition) is 7. The van der Waals surface area contributed by atoms with Crippen molar-refractivity contribution in [2.75, 3.05) is 16.2 Å². The van der Waals surface area contributed by atoms with Crippen molar-refractivity contribution in [2.45, 2.75) is 9.79 Å². The minimum Gasteiger partial charge on any atom is -0.504 e. The molecule has 0 saturated carbocycles. The first-order valence-electron chi connectivity index (χ1n) is 5.99. The summed E-state index contributed by atoms with van der Waals surface area (Å²) in [5.41, 5.74) is 10.3. The van der Waals surface area contributed by atoms with E-state index >= 15 is 0 Å². The van der Waals surface area contributed by atoms with Crippen molar-refractivity contribution in [1.82, 2.24) is 0 Å². The third-order valence-corrected chi connectivity index (χ3v) is 5.06. The highest BCUT2D eigenvalue weighted by molar-refractivity contribution is 7.92. The quantitative estimate of drug-likeness (QED) is 0.300. The Balaban J connectivity index is 2.51. The lowest BCUT2D eigenvalue weighted by atomic mass is 10.2. The molecule has 2 rings (SSSR count). The van der Waals surface area contributed by atoms with E-state index in [0.29, 0.717) is 5.69 Å². The zero-order chi connectivity index (χ0) is 17.4. The van der Waals surface area contributed by atoms with Crippen LogP contribution < -0.4 is 16.2 Å². The molecule has 124 valence electrons. The average Bonchev–Trinajstić information content (AvgIpc) is 2.42. The van der Waals surface area contributed by atoms with Gasteiger partial charge < -0.3 is 16.6 Å². The first kappa shape index (κ1) is 16.9. The predicted octanol–water partition coefficient (Wildman–Crippen LogP) is 0.604. The number of aromatic hydroxyl groups is 1. The van der Waals surface area contributed by atoms with Crippen LogP contribution in [0.2, 0.25) is 0 Å². The van der Waals surface area contributed by atoms with Gasteiger partial charge in [-0.05, 0) is 36.4 Å². The van der Waals surface area contributed by atoms with Gasteiger partial charge in [0.25, 0.3) is 20.1 Å². The number of anilines is 3. The molecule has 0 aromatic heterocycles. The summed E-state index contributed by atoms with van der Waals surface area (Å²) in [6.45, 7) is 0. The largest absolute Gasteiger partial charge is 0.504 e. The molecule has 9 nitrogen and oxygen atoms in total.